The smallest absolute Gasteiger partial charge is 0.356 e. The molecule has 0 radical (unpaired) electrons. The van der Waals surface area contributed by atoms with E-state index in [4.69, 9.17) is 5.11 Å². The summed E-state index contributed by atoms with van der Waals surface area (Å²) in [5.74, 6) is -1.11. The lowest BCUT2D eigenvalue weighted by Gasteiger charge is -2.02. The number of aromatic carboxylic acids is 1. The number of hydrogen-bond donors (Lipinski definition) is 1. The molecular formula is C12H11N3O3. The molecule has 2 heterocycles. The van der Waals surface area contributed by atoms with Crippen molar-refractivity contribution in [2.75, 3.05) is 0 Å². The summed E-state index contributed by atoms with van der Waals surface area (Å²) in [5.41, 5.74) is 1.02. The van der Waals surface area contributed by atoms with E-state index in [9.17, 15) is 9.59 Å². The number of ketones is 1. The Morgan fingerprint density at radius 1 is 1.28 bits per heavy atom. The second-order valence-corrected chi connectivity index (χ2v) is 3.65. The van der Waals surface area contributed by atoms with Crippen molar-refractivity contribution in [2.45, 2.75) is 13.3 Å². The van der Waals surface area contributed by atoms with Gasteiger partial charge in [-0.1, -0.05) is 6.92 Å². The number of carbonyl (C=O) groups is 2. The monoisotopic (exact) mass is 245 g/mol. The Labute approximate surface area is 103 Å². The van der Waals surface area contributed by atoms with E-state index in [1.165, 1.54) is 23.3 Å². The molecule has 0 saturated heterocycles. The van der Waals surface area contributed by atoms with E-state index in [1.807, 2.05) is 0 Å². The van der Waals surface area contributed by atoms with Gasteiger partial charge in [-0.05, 0) is 12.1 Å². The second kappa shape index (κ2) is 4.79. The fourth-order valence-corrected chi connectivity index (χ4v) is 1.46. The molecule has 0 saturated carbocycles. The van der Waals surface area contributed by atoms with E-state index in [-0.39, 0.29) is 11.5 Å². The normalized spacial score (nSPS) is 10.3. The van der Waals surface area contributed by atoms with Gasteiger partial charge in [-0.25, -0.2) is 9.78 Å². The summed E-state index contributed by atoms with van der Waals surface area (Å²) in [7, 11) is 0. The molecule has 0 aliphatic rings. The van der Waals surface area contributed by atoms with Gasteiger partial charge in [0.05, 0.1) is 11.9 Å². The maximum absolute atomic E-state index is 11.4. The maximum atomic E-state index is 11.4. The minimum Gasteiger partial charge on any atom is -0.476 e. The molecule has 92 valence electrons. The van der Waals surface area contributed by atoms with E-state index in [1.54, 1.807) is 19.1 Å². The third-order valence-corrected chi connectivity index (χ3v) is 2.45. The van der Waals surface area contributed by atoms with Crippen LogP contribution < -0.4 is 0 Å². The number of pyridine rings is 1. The molecule has 6 heteroatoms. The quantitative estimate of drug-likeness (QED) is 0.826. The molecule has 0 amide bonds. The summed E-state index contributed by atoms with van der Waals surface area (Å²) in [6.07, 6.45) is 4.69. The Bertz CT molecular complexity index is 587. The Morgan fingerprint density at radius 3 is 2.56 bits per heavy atom. The van der Waals surface area contributed by atoms with Crippen molar-refractivity contribution in [2.24, 2.45) is 0 Å². The number of hydrogen-bond acceptors (Lipinski definition) is 4. The van der Waals surface area contributed by atoms with Crippen LogP contribution in [0.25, 0.3) is 5.69 Å². The topological polar surface area (TPSA) is 85.1 Å². The zero-order valence-electron chi connectivity index (χ0n) is 9.70. The molecule has 0 unspecified atom stereocenters. The lowest BCUT2D eigenvalue weighted by molar-refractivity contribution is 0.0691. The molecule has 0 aliphatic heterocycles. The number of carboxylic acids is 1. The Balaban J connectivity index is 2.28. The Kier molecular flexibility index (Phi) is 3.18. The number of nitrogens with zero attached hydrogens (tertiary/aromatic N) is 3. The Hall–Kier alpha value is -2.50. The first kappa shape index (κ1) is 12.0. The highest BCUT2D eigenvalue weighted by Gasteiger charge is 2.08. The molecule has 0 spiro atoms. The molecule has 0 bridgehead atoms. The van der Waals surface area contributed by atoms with Gasteiger partial charge < -0.3 is 9.67 Å². The molecule has 0 fully saturated rings. The number of carboxylic acid groups (broad SMARTS) is 1. The molecule has 1 N–H and O–H groups in total. The van der Waals surface area contributed by atoms with Crippen LogP contribution in [-0.2, 0) is 0 Å². The molecule has 0 atom stereocenters. The van der Waals surface area contributed by atoms with Crippen LogP contribution in [0.2, 0.25) is 0 Å². The van der Waals surface area contributed by atoms with Gasteiger partial charge in [-0.2, -0.15) is 0 Å². The first-order valence-electron chi connectivity index (χ1n) is 5.38. The number of imidazole rings is 1. The lowest BCUT2D eigenvalue weighted by atomic mass is 10.2. The van der Waals surface area contributed by atoms with Gasteiger partial charge in [0.25, 0.3) is 0 Å². The predicted molar refractivity (Wildman–Crippen MR) is 62.9 cm³/mol. The van der Waals surface area contributed by atoms with E-state index < -0.39 is 5.97 Å². The van der Waals surface area contributed by atoms with Crippen LogP contribution in [0, 0.1) is 0 Å². The van der Waals surface area contributed by atoms with E-state index in [2.05, 4.69) is 9.97 Å². The molecule has 0 aromatic carbocycles. The van der Waals surface area contributed by atoms with Gasteiger partial charge in [0.1, 0.15) is 12.0 Å². The first-order valence-corrected chi connectivity index (χ1v) is 5.38. The number of aromatic nitrogens is 3. The third-order valence-electron chi connectivity index (χ3n) is 2.45. The third kappa shape index (κ3) is 2.27. The molecule has 18 heavy (non-hydrogen) atoms. The summed E-state index contributed by atoms with van der Waals surface area (Å²) < 4.78 is 1.54. The van der Waals surface area contributed by atoms with E-state index >= 15 is 0 Å². The van der Waals surface area contributed by atoms with Crippen LogP contribution in [0.5, 0.6) is 0 Å². The van der Waals surface area contributed by atoms with Crippen molar-refractivity contribution in [1.29, 1.82) is 0 Å². The zero-order chi connectivity index (χ0) is 13.1. The van der Waals surface area contributed by atoms with Crippen molar-refractivity contribution in [3.63, 3.8) is 0 Å². The fourth-order valence-electron chi connectivity index (χ4n) is 1.46. The molecule has 6 nitrogen and oxygen atoms in total. The van der Waals surface area contributed by atoms with E-state index in [0.717, 1.165) is 0 Å². The number of carbonyl (C=O) groups excluding carboxylic acids is 1. The van der Waals surface area contributed by atoms with Gasteiger partial charge in [0.2, 0.25) is 0 Å². The molecule has 2 rings (SSSR count). The van der Waals surface area contributed by atoms with Gasteiger partial charge >= 0.3 is 5.97 Å². The van der Waals surface area contributed by atoms with Gasteiger partial charge in [0.15, 0.2) is 11.5 Å². The van der Waals surface area contributed by atoms with Crippen LogP contribution in [0.4, 0.5) is 0 Å². The van der Waals surface area contributed by atoms with Gasteiger partial charge in [0, 0.05) is 12.6 Å². The summed E-state index contributed by atoms with van der Waals surface area (Å²) in [5, 5.41) is 8.76. The highest BCUT2D eigenvalue weighted by atomic mass is 16.4. The lowest BCUT2D eigenvalue weighted by Crippen LogP contribution is -2.01. The van der Waals surface area contributed by atoms with Crippen molar-refractivity contribution in [1.82, 2.24) is 14.5 Å². The van der Waals surface area contributed by atoms with Crippen molar-refractivity contribution < 1.29 is 14.7 Å². The SMILES string of the molecule is CCC(=O)c1ccc(-n2cnc(C(=O)O)c2)cn1. The molecule has 2 aromatic rings. The molecular weight excluding hydrogens is 234 g/mol. The molecule has 2 aromatic heterocycles. The summed E-state index contributed by atoms with van der Waals surface area (Å²) >= 11 is 0. The first-order chi connectivity index (χ1) is 8.61. The van der Waals surface area contributed by atoms with Crippen LogP contribution >= 0.6 is 0 Å². The van der Waals surface area contributed by atoms with Crippen LogP contribution in [-0.4, -0.2) is 31.4 Å². The van der Waals surface area contributed by atoms with Crippen LogP contribution in [0.3, 0.4) is 0 Å². The van der Waals surface area contributed by atoms with Gasteiger partial charge in [-0.15, -0.1) is 0 Å². The largest absolute Gasteiger partial charge is 0.476 e. The summed E-state index contributed by atoms with van der Waals surface area (Å²) in [6.45, 7) is 1.77. The summed E-state index contributed by atoms with van der Waals surface area (Å²) in [4.78, 5) is 29.9. The predicted octanol–water partition coefficient (Wildman–Crippen LogP) is 1.56. The van der Waals surface area contributed by atoms with Crippen molar-refractivity contribution in [3.05, 3.63) is 42.2 Å². The minimum atomic E-state index is -1.08. The highest BCUT2D eigenvalue weighted by Crippen LogP contribution is 2.09. The second-order valence-electron chi connectivity index (χ2n) is 3.65. The molecule has 0 aliphatic carbocycles. The Morgan fingerprint density at radius 2 is 2.06 bits per heavy atom. The van der Waals surface area contributed by atoms with E-state index in [0.29, 0.717) is 17.8 Å². The number of Topliss-reactive ketones (excluding diaryl/α,β-unsaturated/α-hetero) is 1. The standard InChI is InChI=1S/C12H11N3O3/c1-2-11(16)9-4-3-8(5-13-9)15-6-10(12(17)18)14-7-15/h3-7H,2H2,1H3,(H,17,18). The van der Waals surface area contributed by atoms with Crippen LogP contribution in [0.15, 0.2) is 30.9 Å². The maximum Gasteiger partial charge on any atom is 0.356 e. The average Bonchev–Trinajstić information content (AvgIpc) is 2.88. The summed E-state index contributed by atoms with van der Waals surface area (Å²) in [6, 6.07) is 3.31. The van der Waals surface area contributed by atoms with Crippen molar-refractivity contribution in [3.8, 4) is 5.69 Å². The van der Waals surface area contributed by atoms with Crippen LogP contribution in [0.1, 0.15) is 34.3 Å². The van der Waals surface area contributed by atoms with Crippen molar-refractivity contribution >= 4 is 11.8 Å². The van der Waals surface area contributed by atoms with Gasteiger partial charge in [-0.3, -0.25) is 9.78 Å². The highest BCUT2D eigenvalue weighted by molar-refractivity contribution is 5.94. The zero-order valence-corrected chi connectivity index (χ0v) is 9.70. The number of rotatable bonds is 4. The average molecular weight is 245 g/mol. The minimum absolute atomic E-state index is 0.0293. The fraction of sp³-hybridized carbons (Fsp3) is 0.167.